The molecule has 136 valence electrons. The molecule has 1 unspecified atom stereocenters. The number of nitrogens with zero attached hydrogens (tertiary/aromatic N) is 1. The SMILES string of the molecule is C=CCOc1ccc(C(=O)N2CCC3(CC2)CC(OCC)CO3)cc1. The third-order valence-corrected chi connectivity index (χ3v) is 5.01. The second-order valence-electron chi connectivity index (χ2n) is 6.69. The highest BCUT2D eigenvalue weighted by molar-refractivity contribution is 5.94. The predicted molar refractivity (Wildman–Crippen MR) is 96.0 cm³/mol. The molecule has 2 heterocycles. The van der Waals surface area contributed by atoms with Gasteiger partial charge in [0, 0.05) is 31.7 Å². The van der Waals surface area contributed by atoms with Crippen molar-refractivity contribution in [2.24, 2.45) is 0 Å². The van der Waals surface area contributed by atoms with Crippen molar-refractivity contribution >= 4 is 5.91 Å². The first-order chi connectivity index (χ1) is 12.2. The van der Waals surface area contributed by atoms with Crippen LogP contribution in [0.2, 0.25) is 0 Å². The van der Waals surface area contributed by atoms with Crippen molar-refractivity contribution in [3.05, 3.63) is 42.5 Å². The first kappa shape index (κ1) is 18.0. The smallest absolute Gasteiger partial charge is 0.253 e. The Kier molecular flexibility index (Phi) is 5.76. The molecule has 2 saturated heterocycles. The molecule has 2 aliphatic rings. The summed E-state index contributed by atoms with van der Waals surface area (Å²) in [5, 5.41) is 0. The summed E-state index contributed by atoms with van der Waals surface area (Å²) < 4.78 is 17.2. The van der Waals surface area contributed by atoms with Gasteiger partial charge >= 0.3 is 0 Å². The summed E-state index contributed by atoms with van der Waals surface area (Å²) in [5.74, 6) is 0.819. The molecule has 0 bridgehead atoms. The fourth-order valence-corrected chi connectivity index (χ4v) is 3.64. The van der Waals surface area contributed by atoms with E-state index in [0.717, 1.165) is 44.7 Å². The van der Waals surface area contributed by atoms with E-state index in [-0.39, 0.29) is 17.6 Å². The van der Waals surface area contributed by atoms with Gasteiger partial charge in [-0.05, 0) is 44.0 Å². The van der Waals surface area contributed by atoms with E-state index in [1.807, 2.05) is 36.1 Å². The van der Waals surface area contributed by atoms with Gasteiger partial charge in [0.25, 0.3) is 5.91 Å². The third-order valence-electron chi connectivity index (χ3n) is 5.01. The molecule has 0 N–H and O–H groups in total. The van der Waals surface area contributed by atoms with Gasteiger partial charge in [0.1, 0.15) is 12.4 Å². The van der Waals surface area contributed by atoms with Crippen LogP contribution in [0.3, 0.4) is 0 Å². The number of hydrogen-bond acceptors (Lipinski definition) is 4. The molecule has 0 aromatic heterocycles. The van der Waals surface area contributed by atoms with Gasteiger partial charge in [-0.1, -0.05) is 12.7 Å². The van der Waals surface area contributed by atoms with Gasteiger partial charge in [-0.25, -0.2) is 0 Å². The first-order valence-corrected chi connectivity index (χ1v) is 9.04. The maximum atomic E-state index is 12.7. The van der Waals surface area contributed by atoms with E-state index in [1.165, 1.54) is 0 Å². The Morgan fingerprint density at radius 3 is 2.72 bits per heavy atom. The number of piperidine rings is 1. The van der Waals surface area contributed by atoms with Gasteiger partial charge in [0.15, 0.2) is 0 Å². The van der Waals surface area contributed by atoms with E-state index in [1.54, 1.807) is 6.08 Å². The average molecular weight is 345 g/mol. The van der Waals surface area contributed by atoms with E-state index in [2.05, 4.69) is 6.58 Å². The maximum Gasteiger partial charge on any atom is 0.253 e. The molecule has 25 heavy (non-hydrogen) atoms. The molecule has 0 saturated carbocycles. The third kappa shape index (κ3) is 4.22. The van der Waals surface area contributed by atoms with E-state index in [0.29, 0.717) is 18.8 Å². The van der Waals surface area contributed by atoms with Crippen LogP contribution in [-0.2, 0) is 9.47 Å². The van der Waals surface area contributed by atoms with Crippen LogP contribution in [-0.4, -0.2) is 55.4 Å². The fourth-order valence-electron chi connectivity index (χ4n) is 3.64. The molecular weight excluding hydrogens is 318 g/mol. The highest BCUT2D eigenvalue weighted by Crippen LogP contribution is 2.37. The van der Waals surface area contributed by atoms with Crippen LogP contribution in [0.25, 0.3) is 0 Å². The molecular formula is C20H27NO4. The minimum atomic E-state index is -0.0982. The van der Waals surface area contributed by atoms with Crippen molar-refractivity contribution in [1.82, 2.24) is 4.90 Å². The van der Waals surface area contributed by atoms with E-state index in [9.17, 15) is 4.79 Å². The van der Waals surface area contributed by atoms with Crippen LogP contribution >= 0.6 is 0 Å². The zero-order valence-electron chi connectivity index (χ0n) is 14.9. The number of likely N-dealkylation sites (tertiary alicyclic amines) is 1. The largest absolute Gasteiger partial charge is 0.490 e. The number of benzene rings is 1. The van der Waals surface area contributed by atoms with Crippen molar-refractivity contribution < 1.29 is 19.0 Å². The summed E-state index contributed by atoms with van der Waals surface area (Å²) in [6, 6.07) is 7.30. The second-order valence-corrected chi connectivity index (χ2v) is 6.69. The Bertz CT molecular complexity index is 590. The molecule has 5 heteroatoms. The quantitative estimate of drug-likeness (QED) is 0.744. The predicted octanol–water partition coefficient (Wildman–Crippen LogP) is 3.05. The van der Waals surface area contributed by atoms with Crippen LogP contribution in [0.15, 0.2) is 36.9 Å². The molecule has 2 fully saturated rings. The molecule has 3 rings (SSSR count). The minimum Gasteiger partial charge on any atom is -0.490 e. The number of carbonyl (C=O) groups is 1. The van der Waals surface area contributed by atoms with Gasteiger partial charge in [-0.15, -0.1) is 0 Å². The summed E-state index contributed by atoms with van der Waals surface area (Å²) in [7, 11) is 0. The Balaban J connectivity index is 1.54. The van der Waals surface area contributed by atoms with Crippen LogP contribution < -0.4 is 4.74 Å². The zero-order chi connectivity index (χ0) is 17.7. The summed E-state index contributed by atoms with van der Waals surface area (Å²) in [6.45, 7) is 8.96. The maximum absolute atomic E-state index is 12.7. The van der Waals surface area contributed by atoms with Crippen molar-refractivity contribution in [1.29, 1.82) is 0 Å². The molecule has 1 aromatic rings. The molecule has 5 nitrogen and oxygen atoms in total. The summed E-state index contributed by atoms with van der Waals surface area (Å²) in [5.41, 5.74) is 0.598. The van der Waals surface area contributed by atoms with Gasteiger partial charge in [0.05, 0.1) is 18.3 Å². The van der Waals surface area contributed by atoms with Gasteiger partial charge in [0.2, 0.25) is 0 Å². The number of carbonyl (C=O) groups excluding carboxylic acids is 1. The lowest BCUT2D eigenvalue weighted by Gasteiger charge is -2.38. The van der Waals surface area contributed by atoms with Crippen LogP contribution in [0.5, 0.6) is 5.75 Å². The molecule has 0 aliphatic carbocycles. The molecule has 2 aliphatic heterocycles. The zero-order valence-corrected chi connectivity index (χ0v) is 14.9. The number of amides is 1. The van der Waals surface area contributed by atoms with Gasteiger partial charge < -0.3 is 19.1 Å². The highest BCUT2D eigenvalue weighted by Gasteiger charge is 2.43. The normalized spacial score (nSPS) is 22.1. The number of hydrogen-bond donors (Lipinski definition) is 0. The lowest BCUT2D eigenvalue weighted by atomic mass is 9.87. The Morgan fingerprint density at radius 2 is 2.08 bits per heavy atom. The summed E-state index contributed by atoms with van der Waals surface area (Å²) in [4.78, 5) is 14.6. The van der Waals surface area contributed by atoms with Gasteiger partial charge in [-0.2, -0.15) is 0 Å². The minimum absolute atomic E-state index is 0.0736. The Morgan fingerprint density at radius 1 is 1.36 bits per heavy atom. The standard InChI is InChI=1S/C20H27NO4/c1-3-13-24-17-7-5-16(6-8-17)19(22)21-11-9-20(10-12-21)14-18(15-25-20)23-4-2/h3,5-8,18H,1,4,9-15H2,2H3. The van der Waals surface area contributed by atoms with Crippen LogP contribution in [0.1, 0.15) is 36.5 Å². The molecule has 1 spiro atoms. The number of ether oxygens (including phenoxy) is 3. The second kappa shape index (κ2) is 8.02. The monoisotopic (exact) mass is 345 g/mol. The van der Waals surface area contributed by atoms with E-state index >= 15 is 0 Å². The number of rotatable bonds is 6. The van der Waals surface area contributed by atoms with E-state index < -0.39 is 0 Å². The van der Waals surface area contributed by atoms with Crippen molar-refractivity contribution in [3.63, 3.8) is 0 Å². The van der Waals surface area contributed by atoms with Crippen molar-refractivity contribution in [2.45, 2.75) is 37.9 Å². The summed E-state index contributed by atoms with van der Waals surface area (Å²) in [6.07, 6.45) is 4.60. The van der Waals surface area contributed by atoms with Crippen LogP contribution in [0.4, 0.5) is 0 Å². The van der Waals surface area contributed by atoms with Gasteiger partial charge in [-0.3, -0.25) is 4.79 Å². The lowest BCUT2D eigenvalue weighted by molar-refractivity contribution is -0.0407. The topological polar surface area (TPSA) is 48.0 Å². The lowest BCUT2D eigenvalue weighted by Crippen LogP contribution is -2.46. The molecule has 1 atom stereocenters. The summed E-state index contributed by atoms with van der Waals surface area (Å²) >= 11 is 0. The Labute approximate surface area is 149 Å². The Hall–Kier alpha value is -1.85. The van der Waals surface area contributed by atoms with Crippen molar-refractivity contribution in [2.75, 3.05) is 32.9 Å². The first-order valence-electron chi connectivity index (χ1n) is 9.04. The fraction of sp³-hybridized carbons (Fsp3) is 0.550. The highest BCUT2D eigenvalue weighted by atomic mass is 16.6. The molecule has 1 aromatic carbocycles. The van der Waals surface area contributed by atoms with Crippen LogP contribution in [0, 0.1) is 0 Å². The average Bonchev–Trinajstić information content (AvgIpc) is 3.03. The van der Waals surface area contributed by atoms with Crippen molar-refractivity contribution in [3.8, 4) is 5.75 Å². The molecule has 1 amide bonds. The molecule has 0 radical (unpaired) electrons. The van der Waals surface area contributed by atoms with E-state index in [4.69, 9.17) is 14.2 Å².